The zero-order valence-corrected chi connectivity index (χ0v) is 14.0. The highest BCUT2D eigenvalue weighted by molar-refractivity contribution is 7.87. The van der Waals surface area contributed by atoms with E-state index in [4.69, 9.17) is 4.74 Å². The second kappa shape index (κ2) is 7.37. The smallest absolute Gasteiger partial charge is 0.279 e. The van der Waals surface area contributed by atoms with E-state index < -0.39 is 10.2 Å². The number of hydrogen-bond donors (Lipinski definition) is 2. The zero-order chi connectivity index (χ0) is 15.3. The van der Waals surface area contributed by atoms with Crippen LogP contribution in [-0.4, -0.2) is 57.7 Å². The van der Waals surface area contributed by atoms with Gasteiger partial charge in [0.1, 0.15) is 0 Å². The molecule has 21 heavy (non-hydrogen) atoms. The summed E-state index contributed by atoms with van der Waals surface area (Å²) in [5.74, 6) is 0.590. The first kappa shape index (κ1) is 17.1. The lowest BCUT2D eigenvalue weighted by atomic mass is 9.98. The molecule has 0 aromatic rings. The Morgan fingerprint density at radius 2 is 2.05 bits per heavy atom. The molecular formula is C14H29N3O3S. The monoisotopic (exact) mass is 319 g/mol. The van der Waals surface area contributed by atoms with E-state index in [1.54, 1.807) is 4.31 Å². The normalized spacial score (nSPS) is 29.0. The van der Waals surface area contributed by atoms with E-state index in [0.717, 1.165) is 45.4 Å². The van der Waals surface area contributed by atoms with Gasteiger partial charge in [-0.1, -0.05) is 6.92 Å². The Bertz CT molecular complexity index is 413. The molecule has 7 heteroatoms. The Morgan fingerprint density at radius 1 is 1.33 bits per heavy atom. The maximum absolute atomic E-state index is 12.3. The number of rotatable bonds is 7. The molecule has 1 atom stereocenters. The molecular weight excluding hydrogens is 290 g/mol. The second-order valence-electron chi connectivity index (χ2n) is 6.38. The van der Waals surface area contributed by atoms with Gasteiger partial charge < -0.3 is 10.1 Å². The van der Waals surface area contributed by atoms with Gasteiger partial charge in [-0.2, -0.15) is 17.4 Å². The van der Waals surface area contributed by atoms with Crippen molar-refractivity contribution in [1.29, 1.82) is 0 Å². The van der Waals surface area contributed by atoms with E-state index in [9.17, 15) is 8.42 Å². The van der Waals surface area contributed by atoms with Crippen molar-refractivity contribution in [2.75, 3.05) is 39.3 Å². The first-order valence-corrected chi connectivity index (χ1v) is 9.48. The van der Waals surface area contributed by atoms with Crippen molar-refractivity contribution in [2.24, 2.45) is 5.92 Å². The summed E-state index contributed by atoms with van der Waals surface area (Å²) in [7, 11) is -3.37. The van der Waals surface area contributed by atoms with Gasteiger partial charge >= 0.3 is 0 Å². The standard InChI is InChI=1S/C14H29N3O3S/c1-3-15-11-13-5-8-17(9-6-13)21(18,19)16-12-14(2)7-4-10-20-14/h13,15-16H,3-12H2,1-2H3. The number of hydrogen-bond acceptors (Lipinski definition) is 4. The van der Waals surface area contributed by atoms with Gasteiger partial charge in [-0.3, -0.25) is 0 Å². The average molecular weight is 319 g/mol. The predicted octanol–water partition coefficient (Wildman–Crippen LogP) is 0.711. The average Bonchev–Trinajstić information content (AvgIpc) is 2.91. The van der Waals surface area contributed by atoms with Crippen molar-refractivity contribution >= 4 is 10.2 Å². The summed E-state index contributed by atoms with van der Waals surface area (Å²) >= 11 is 0. The van der Waals surface area contributed by atoms with Crippen LogP contribution in [0.15, 0.2) is 0 Å². The number of ether oxygens (including phenoxy) is 1. The number of nitrogens with zero attached hydrogens (tertiary/aromatic N) is 1. The number of nitrogens with one attached hydrogen (secondary N) is 2. The van der Waals surface area contributed by atoms with Gasteiger partial charge in [0.2, 0.25) is 0 Å². The van der Waals surface area contributed by atoms with Crippen LogP contribution in [0.3, 0.4) is 0 Å². The molecule has 0 aromatic carbocycles. The summed E-state index contributed by atoms with van der Waals surface area (Å²) < 4.78 is 34.6. The highest BCUT2D eigenvalue weighted by Gasteiger charge is 2.33. The lowest BCUT2D eigenvalue weighted by Crippen LogP contribution is -2.49. The summed E-state index contributed by atoms with van der Waals surface area (Å²) in [4.78, 5) is 0. The van der Waals surface area contributed by atoms with Gasteiger partial charge in [0, 0.05) is 26.2 Å². The summed E-state index contributed by atoms with van der Waals surface area (Å²) in [6, 6.07) is 0. The van der Waals surface area contributed by atoms with Crippen LogP contribution >= 0.6 is 0 Å². The Balaban J connectivity index is 1.78. The molecule has 2 N–H and O–H groups in total. The van der Waals surface area contributed by atoms with Crippen LogP contribution in [0, 0.1) is 5.92 Å². The highest BCUT2D eigenvalue weighted by Crippen LogP contribution is 2.25. The molecule has 0 aliphatic carbocycles. The maximum Gasteiger partial charge on any atom is 0.279 e. The van der Waals surface area contributed by atoms with Crippen LogP contribution in [0.2, 0.25) is 0 Å². The minimum Gasteiger partial charge on any atom is -0.374 e. The summed E-state index contributed by atoms with van der Waals surface area (Å²) in [6.07, 6.45) is 3.79. The topological polar surface area (TPSA) is 70.7 Å². The van der Waals surface area contributed by atoms with Crippen molar-refractivity contribution in [3.8, 4) is 0 Å². The van der Waals surface area contributed by atoms with Gasteiger partial charge in [0.25, 0.3) is 10.2 Å². The van der Waals surface area contributed by atoms with Crippen LogP contribution in [0.4, 0.5) is 0 Å². The van der Waals surface area contributed by atoms with E-state index in [2.05, 4.69) is 17.0 Å². The van der Waals surface area contributed by atoms with Gasteiger partial charge in [0.15, 0.2) is 0 Å². The minimum absolute atomic E-state index is 0.337. The molecule has 2 aliphatic heterocycles. The molecule has 2 rings (SSSR count). The fourth-order valence-electron chi connectivity index (χ4n) is 3.01. The Labute approximate surface area is 128 Å². The molecule has 1 unspecified atom stereocenters. The Kier molecular flexibility index (Phi) is 6.02. The molecule has 0 saturated carbocycles. The van der Waals surface area contributed by atoms with Crippen LogP contribution < -0.4 is 10.0 Å². The van der Waals surface area contributed by atoms with E-state index >= 15 is 0 Å². The zero-order valence-electron chi connectivity index (χ0n) is 13.2. The molecule has 2 fully saturated rings. The first-order chi connectivity index (χ1) is 9.95. The molecule has 0 amide bonds. The van der Waals surface area contributed by atoms with Crippen LogP contribution in [0.25, 0.3) is 0 Å². The molecule has 0 spiro atoms. The quantitative estimate of drug-likeness (QED) is 0.725. The number of piperidine rings is 1. The summed E-state index contributed by atoms with van der Waals surface area (Å²) in [5, 5.41) is 3.34. The fraction of sp³-hybridized carbons (Fsp3) is 1.00. The van der Waals surface area contributed by atoms with E-state index in [1.807, 2.05) is 6.92 Å². The molecule has 2 aliphatic rings. The lowest BCUT2D eigenvalue weighted by Gasteiger charge is -2.32. The van der Waals surface area contributed by atoms with Gasteiger partial charge in [-0.25, -0.2) is 0 Å². The van der Waals surface area contributed by atoms with Crippen LogP contribution in [0.5, 0.6) is 0 Å². The second-order valence-corrected chi connectivity index (χ2v) is 8.13. The molecule has 0 aromatic heterocycles. The third-order valence-corrected chi connectivity index (χ3v) is 6.08. The Morgan fingerprint density at radius 3 is 2.62 bits per heavy atom. The highest BCUT2D eigenvalue weighted by atomic mass is 32.2. The van der Waals surface area contributed by atoms with Crippen molar-refractivity contribution in [3.05, 3.63) is 0 Å². The van der Waals surface area contributed by atoms with Gasteiger partial charge in [-0.15, -0.1) is 0 Å². The molecule has 0 radical (unpaired) electrons. The molecule has 124 valence electrons. The first-order valence-electron chi connectivity index (χ1n) is 8.04. The largest absolute Gasteiger partial charge is 0.374 e. The fourth-order valence-corrected chi connectivity index (χ4v) is 4.38. The van der Waals surface area contributed by atoms with Crippen molar-refractivity contribution in [1.82, 2.24) is 14.3 Å². The molecule has 0 bridgehead atoms. The molecule has 6 nitrogen and oxygen atoms in total. The van der Waals surface area contributed by atoms with E-state index in [-0.39, 0.29) is 5.60 Å². The van der Waals surface area contributed by atoms with Crippen LogP contribution in [-0.2, 0) is 14.9 Å². The summed E-state index contributed by atoms with van der Waals surface area (Å²) in [6.45, 7) is 8.36. The Hall–Kier alpha value is -0.210. The van der Waals surface area contributed by atoms with E-state index in [0.29, 0.717) is 25.6 Å². The van der Waals surface area contributed by atoms with Crippen molar-refractivity contribution in [3.63, 3.8) is 0 Å². The third-order valence-electron chi connectivity index (χ3n) is 4.53. The van der Waals surface area contributed by atoms with Gasteiger partial charge in [0.05, 0.1) is 5.60 Å². The molecule has 2 saturated heterocycles. The maximum atomic E-state index is 12.3. The SMILES string of the molecule is CCNCC1CCN(S(=O)(=O)NCC2(C)CCCO2)CC1. The van der Waals surface area contributed by atoms with Crippen molar-refractivity contribution in [2.45, 2.75) is 45.1 Å². The van der Waals surface area contributed by atoms with Crippen molar-refractivity contribution < 1.29 is 13.2 Å². The summed E-state index contributed by atoms with van der Waals surface area (Å²) in [5.41, 5.74) is -0.337. The molecule has 2 heterocycles. The third kappa shape index (κ3) is 4.89. The van der Waals surface area contributed by atoms with E-state index in [1.165, 1.54) is 0 Å². The predicted molar refractivity (Wildman–Crippen MR) is 83.4 cm³/mol. The van der Waals surface area contributed by atoms with Gasteiger partial charge in [-0.05, 0) is 51.6 Å². The minimum atomic E-state index is -3.37. The lowest BCUT2D eigenvalue weighted by molar-refractivity contribution is 0.0247. The van der Waals surface area contributed by atoms with Crippen LogP contribution in [0.1, 0.15) is 39.5 Å².